The standard InChI is InChI=1S/C8H4N2O6S2/c11-4-17-18-8(12)6-2-1-5(9(13)14)3-7(6)10(15)16/h1-4H. The van der Waals surface area contributed by atoms with Crippen LogP contribution in [0, 0.1) is 20.2 Å². The molecule has 0 aromatic heterocycles. The predicted octanol–water partition coefficient (Wildman–Crippen LogP) is 2.21. The molecular formula is C8H4N2O6S2. The normalized spacial score (nSPS) is 9.78. The van der Waals surface area contributed by atoms with E-state index in [0.717, 1.165) is 12.1 Å². The lowest BCUT2D eigenvalue weighted by molar-refractivity contribution is -0.394. The van der Waals surface area contributed by atoms with Gasteiger partial charge in [0.1, 0.15) is 5.56 Å². The van der Waals surface area contributed by atoms with E-state index in [-0.39, 0.29) is 5.56 Å². The average Bonchev–Trinajstić information content (AvgIpc) is 2.34. The molecule has 0 fully saturated rings. The highest BCUT2D eigenvalue weighted by molar-refractivity contribution is 8.86. The zero-order chi connectivity index (χ0) is 13.7. The first-order chi connectivity index (χ1) is 8.47. The van der Waals surface area contributed by atoms with Gasteiger partial charge in [-0.1, -0.05) is 0 Å². The van der Waals surface area contributed by atoms with Gasteiger partial charge in [-0.2, -0.15) is 0 Å². The molecule has 0 aliphatic heterocycles. The van der Waals surface area contributed by atoms with E-state index in [0.29, 0.717) is 33.3 Å². The summed E-state index contributed by atoms with van der Waals surface area (Å²) in [6.07, 6.45) is 0. The Morgan fingerprint density at radius 3 is 2.39 bits per heavy atom. The second-order valence-electron chi connectivity index (χ2n) is 2.78. The second-order valence-corrected chi connectivity index (χ2v) is 4.78. The lowest BCUT2D eigenvalue weighted by Gasteiger charge is -1.99. The van der Waals surface area contributed by atoms with Crippen LogP contribution in [0.4, 0.5) is 11.4 Å². The fourth-order valence-electron chi connectivity index (χ4n) is 1.07. The van der Waals surface area contributed by atoms with Crippen molar-refractivity contribution in [1.82, 2.24) is 0 Å². The number of hydrogen-bond donors (Lipinski definition) is 0. The van der Waals surface area contributed by atoms with Crippen LogP contribution < -0.4 is 0 Å². The van der Waals surface area contributed by atoms with E-state index in [2.05, 4.69) is 0 Å². The number of rotatable bonds is 5. The molecule has 0 radical (unpaired) electrons. The molecule has 0 heterocycles. The Hall–Kier alpha value is -1.94. The molecular weight excluding hydrogens is 284 g/mol. The van der Waals surface area contributed by atoms with E-state index in [9.17, 15) is 29.8 Å². The fraction of sp³-hybridized carbons (Fsp3) is 0. The van der Waals surface area contributed by atoms with Crippen molar-refractivity contribution < 1.29 is 19.4 Å². The maximum atomic E-state index is 11.5. The number of hydrogen-bond acceptors (Lipinski definition) is 8. The molecule has 0 saturated carbocycles. The topological polar surface area (TPSA) is 120 Å². The Bertz CT molecular complexity index is 532. The van der Waals surface area contributed by atoms with Crippen LogP contribution in [0.3, 0.4) is 0 Å². The van der Waals surface area contributed by atoms with Crippen molar-refractivity contribution in [3.8, 4) is 0 Å². The minimum absolute atomic E-state index is 0.287. The van der Waals surface area contributed by atoms with Crippen LogP contribution in [0.5, 0.6) is 0 Å². The summed E-state index contributed by atoms with van der Waals surface area (Å²) in [6.45, 7) is 0. The summed E-state index contributed by atoms with van der Waals surface area (Å²) in [4.78, 5) is 41.1. The summed E-state index contributed by atoms with van der Waals surface area (Å²) in [7, 11) is 1.08. The van der Waals surface area contributed by atoms with E-state index in [1.54, 1.807) is 0 Å². The SMILES string of the molecule is O=CSSC(=O)c1ccc([N+](=O)[O-])cc1[N+](=O)[O-]. The largest absolute Gasteiger partial charge is 0.290 e. The molecule has 0 amide bonds. The highest BCUT2D eigenvalue weighted by Gasteiger charge is 2.24. The molecule has 0 aliphatic rings. The number of carbonyl (C=O) groups excluding carboxylic acids is 2. The van der Waals surface area contributed by atoms with Crippen molar-refractivity contribution in [2.24, 2.45) is 0 Å². The summed E-state index contributed by atoms with van der Waals surface area (Å²) >= 11 is 0. The van der Waals surface area contributed by atoms with E-state index in [4.69, 9.17) is 0 Å². The zero-order valence-corrected chi connectivity index (χ0v) is 10.1. The van der Waals surface area contributed by atoms with E-state index in [1.807, 2.05) is 0 Å². The molecule has 0 saturated heterocycles. The molecule has 94 valence electrons. The van der Waals surface area contributed by atoms with Gasteiger partial charge in [-0.05, 0) is 27.7 Å². The highest BCUT2D eigenvalue weighted by atomic mass is 33.1. The van der Waals surface area contributed by atoms with Gasteiger partial charge < -0.3 is 0 Å². The van der Waals surface area contributed by atoms with Gasteiger partial charge in [0, 0.05) is 6.07 Å². The fourth-order valence-corrected chi connectivity index (χ4v) is 2.10. The lowest BCUT2D eigenvalue weighted by Crippen LogP contribution is -2.01. The van der Waals surface area contributed by atoms with Crippen LogP contribution in [-0.4, -0.2) is 20.6 Å². The molecule has 1 aromatic rings. The van der Waals surface area contributed by atoms with Crippen molar-refractivity contribution in [2.75, 3.05) is 0 Å². The van der Waals surface area contributed by atoms with Crippen molar-refractivity contribution in [2.45, 2.75) is 0 Å². The van der Waals surface area contributed by atoms with Crippen molar-refractivity contribution in [3.63, 3.8) is 0 Å². The Kier molecular flexibility index (Phi) is 4.80. The van der Waals surface area contributed by atoms with Gasteiger partial charge in [0.25, 0.3) is 11.4 Å². The maximum Gasteiger partial charge on any atom is 0.288 e. The molecule has 0 bridgehead atoms. The van der Waals surface area contributed by atoms with E-state index < -0.39 is 26.3 Å². The average molecular weight is 288 g/mol. The Balaban J connectivity index is 3.19. The third kappa shape index (κ3) is 3.28. The zero-order valence-electron chi connectivity index (χ0n) is 8.47. The van der Waals surface area contributed by atoms with E-state index in [1.165, 1.54) is 0 Å². The van der Waals surface area contributed by atoms with Gasteiger partial charge in [-0.25, -0.2) is 0 Å². The van der Waals surface area contributed by atoms with Crippen LogP contribution in [0.15, 0.2) is 18.2 Å². The molecule has 1 rings (SSSR count). The lowest BCUT2D eigenvalue weighted by atomic mass is 10.2. The molecule has 0 N–H and O–H groups in total. The molecule has 0 unspecified atom stereocenters. The van der Waals surface area contributed by atoms with Gasteiger partial charge in [-0.3, -0.25) is 29.8 Å². The third-order valence-corrected chi connectivity index (χ3v) is 3.30. The number of non-ortho nitro benzene ring substituents is 1. The number of carbonyl (C=O) groups is 2. The molecule has 10 heteroatoms. The number of nitro benzene ring substituents is 2. The van der Waals surface area contributed by atoms with Gasteiger partial charge in [-0.15, -0.1) is 0 Å². The van der Waals surface area contributed by atoms with Gasteiger partial charge in [0.15, 0.2) is 5.62 Å². The molecule has 0 atom stereocenters. The van der Waals surface area contributed by atoms with E-state index >= 15 is 0 Å². The van der Waals surface area contributed by atoms with Crippen LogP contribution >= 0.6 is 21.6 Å². The molecule has 18 heavy (non-hydrogen) atoms. The van der Waals surface area contributed by atoms with Crippen molar-refractivity contribution in [1.29, 1.82) is 0 Å². The first kappa shape index (κ1) is 14.1. The number of nitrogens with zero attached hydrogens (tertiary/aromatic N) is 2. The first-order valence-corrected chi connectivity index (χ1v) is 6.42. The number of nitro groups is 2. The van der Waals surface area contributed by atoms with Crippen molar-refractivity contribution >= 4 is 43.7 Å². The van der Waals surface area contributed by atoms with Crippen LogP contribution in [-0.2, 0) is 4.79 Å². The quantitative estimate of drug-likeness (QED) is 0.350. The Labute approximate surface area is 107 Å². The van der Waals surface area contributed by atoms with Gasteiger partial charge in [0.2, 0.25) is 5.12 Å². The number of benzene rings is 1. The second kappa shape index (κ2) is 6.12. The van der Waals surface area contributed by atoms with Crippen LogP contribution in [0.25, 0.3) is 0 Å². The smallest absolute Gasteiger partial charge is 0.288 e. The van der Waals surface area contributed by atoms with Crippen LogP contribution in [0.2, 0.25) is 0 Å². The summed E-state index contributed by atoms with van der Waals surface area (Å²) < 4.78 is 0. The minimum atomic E-state index is -0.883. The summed E-state index contributed by atoms with van der Waals surface area (Å²) in [6, 6.07) is 2.70. The Morgan fingerprint density at radius 2 is 1.89 bits per heavy atom. The molecule has 0 spiro atoms. The van der Waals surface area contributed by atoms with Crippen molar-refractivity contribution in [3.05, 3.63) is 44.0 Å². The minimum Gasteiger partial charge on any atom is -0.290 e. The van der Waals surface area contributed by atoms with Gasteiger partial charge in [0.05, 0.1) is 15.9 Å². The Morgan fingerprint density at radius 1 is 1.22 bits per heavy atom. The first-order valence-electron chi connectivity index (χ1n) is 4.21. The third-order valence-electron chi connectivity index (χ3n) is 1.77. The monoisotopic (exact) mass is 288 g/mol. The maximum absolute atomic E-state index is 11.5. The van der Waals surface area contributed by atoms with Gasteiger partial charge >= 0.3 is 0 Å². The van der Waals surface area contributed by atoms with Crippen LogP contribution in [0.1, 0.15) is 10.4 Å². The summed E-state index contributed by atoms with van der Waals surface area (Å²) in [5.74, 6) is 0. The molecule has 0 aliphatic carbocycles. The molecule has 1 aromatic carbocycles. The highest BCUT2D eigenvalue weighted by Crippen LogP contribution is 2.31. The molecule has 8 nitrogen and oxygen atoms in total. The summed E-state index contributed by atoms with van der Waals surface area (Å²) in [5.41, 5.74) is -1.02. The summed E-state index contributed by atoms with van der Waals surface area (Å²) in [5, 5.41) is 20.5. The predicted molar refractivity (Wildman–Crippen MR) is 66.0 cm³/mol.